The number of hydrogen-bond acceptors (Lipinski definition) is 3. The van der Waals surface area contributed by atoms with Gasteiger partial charge < -0.3 is 14.4 Å². The Kier molecular flexibility index (Phi) is 3.98. The second-order valence-electron chi connectivity index (χ2n) is 5.22. The molecule has 0 bridgehead atoms. The minimum atomic E-state index is -0.312. The van der Waals surface area contributed by atoms with E-state index in [-0.39, 0.29) is 24.4 Å². The highest BCUT2D eigenvalue weighted by Crippen LogP contribution is 2.28. The maximum absolute atomic E-state index is 13.4. The Morgan fingerprint density at radius 2 is 2.40 bits per heavy atom. The molecule has 1 amide bonds. The van der Waals surface area contributed by atoms with Crippen molar-refractivity contribution < 1.29 is 18.7 Å². The summed E-state index contributed by atoms with van der Waals surface area (Å²) in [4.78, 5) is 13.9. The van der Waals surface area contributed by atoms with Gasteiger partial charge in [0.15, 0.2) is 0 Å². The van der Waals surface area contributed by atoms with Crippen molar-refractivity contribution in [1.29, 1.82) is 0 Å². The number of nitrogens with zero attached hydrogens (tertiary/aromatic N) is 1. The highest BCUT2D eigenvalue weighted by molar-refractivity contribution is 5.95. The molecule has 0 aromatic heterocycles. The van der Waals surface area contributed by atoms with E-state index >= 15 is 0 Å². The molecule has 4 nitrogen and oxygen atoms in total. The zero-order chi connectivity index (χ0) is 13.9. The Hall–Kier alpha value is -1.46. The Balaban J connectivity index is 1.68. The molecule has 1 atom stereocenters. The van der Waals surface area contributed by atoms with E-state index in [9.17, 15) is 9.18 Å². The van der Waals surface area contributed by atoms with Gasteiger partial charge in [-0.05, 0) is 37.0 Å². The number of anilines is 1. The molecule has 3 rings (SSSR count). The molecule has 0 spiro atoms. The number of carbonyl (C=O) groups excluding carboxylic acids is 1. The van der Waals surface area contributed by atoms with Gasteiger partial charge in [0, 0.05) is 18.8 Å². The molecule has 0 saturated carbocycles. The van der Waals surface area contributed by atoms with Crippen molar-refractivity contribution in [3.05, 3.63) is 29.6 Å². The third-order valence-electron chi connectivity index (χ3n) is 3.80. The topological polar surface area (TPSA) is 38.8 Å². The van der Waals surface area contributed by atoms with Crippen LogP contribution in [0.2, 0.25) is 0 Å². The summed E-state index contributed by atoms with van der Waals surface area (Å²) in [7, 11) is 0. The molecule has 1 fully saturated rings. The first-order valence-electron chi connectivity index (χ1n) is 7.02. The number of benzene rings is 1. The molecule has 108 valence electrons. The predicted octanol–water partition coefficient (Wildman–Crippen LogP) is 1.91. The largest absolute Gasteiger partial charge is 0.379 e. The lowest BCUT2D eigenvalue weighted by molar-refractivity contribution is -0.125. The molecular weight excluding hydrogens is 261 g/mol. The Labute approximate surface area is 117 Å². The number of amides is 1. The van der Waals surface area contributed by atoms with E-state index in [1.54, 1.807) is 11.0 Å². The van der Waals surface area contributed by atoms with Gasteiger partial charge in [-0.2, -0.15) is 0 Å². The molecule has 0 N–H and O–H groups in total. The summed E-state index contributed by atoms with van der Waals surface area (Å²) in [6.45, 7) is 1.90. The van der Waals surface area contributed by atoms with Gasteiger partial charge in [-0.3, -0.25) is 4.79 Å². The van der Waals surface area contributed by atoms with Crippen molar-refractivity contribution in [2.75, 3.05) is 31.3 Å². The summed E-state index contributed by atoms with van der Waals surface area (Å²) >= 11 is 0. The number of aryl methyl sites for hydroxylation is 1. The first kappa shape index (κ1) is 13.5. The standard InChI is InChI=1S/C15H18FNO3/c16-12-4-3-11-2-1-6-17(14(11)8-12)15(18)10-20-13-5-7-19-9-13/h3-4,8,13H,1-2,5-7,9-10H2. The lowest BCUT2D eigenvalue weighted by Crippen LogP contribution is -2.38. The minimum absolute atomic E-state index is 0.00993. The molecule has 1 saturated heterocycles. The molecule has 1 unspecified atom stereocenters. The molecule has 2 aliphatic heterocycles. The Morgan fingerprint density at radius 3 is 3.20 bits per heavy atom. The van der Waals surface area contributed by atoms with E-state index in [0.29, 0.717) is 25.4 Å². The van der Waals surface area contributed by atoms with E-state index in [1.807, 2.05) is 0 Å². The maximum atomic E-state index is 13.4. The summed E-state index contributed by atoms with van der Waals surface area (Å²) in [5, 5.41) is 0. The summed E-state index contributed by atoms with van der Waals surface area (Å²) in [6, 6.07) is 4.64. The van der Waals surface area contributed by atoms with Crippen molar-refractivity contribution in [2.45, 2.75) is 25.4 Å². The van der Waals surface area contributed by atoms with E-state index in [2.05, 4.69) is 0 Å². The minimum Gasteiger partial charge on any atom is -0.379 e. The maximum Gasteiger partial charge on any atom is 0.252 e. The molecule has 1 aromatic carbocycles. The third-order valence-corrected chi connectivity index (χ3v) is 3.80. The molecule has 0 aliphatic carbocycles. The third kappa shape index (κ3) is 2.83. The molecule has 0 radical (unpaired) electrons. The average Bonchev–Trinajstić information content (AvgIpc) is 2.97. The van der Waals surface area contributed by atoms with Gasteiger partial charge in [0.25, 0.3) is 5.91 Å². The second-order valence-corrected chi connectivity index (χ2v) is 5.22. The highest BCUT2D eigenvalue weighted by Gasteiger charge is 2.24. The van der Waals surface area contributed by atoms with E-state index in [1.165, 1.54) is 12.1 Å². The van der Waals surface area contributed by atoms with Gasteiger partial charge in [-0.15, -0.1) is 0 Å². The summed E-state index contributed by atoms with van der Waals surface area (Å²) in [5.41, 5.74) is 1.71. The van der Waals surface area contributed by atoms with Crippen molar-refractivity contribution in [3.8, 4) is 0 Å². The van der Waals surface area contributed by atoms with Gasteiger partial charge in [0.1, 0.15) is 12.4 Å². The van der Waals surface area contributed by atoms with Crippen LogP contribution in [0, 0.1) is 5.82 Å². The SMILES string of the molecule is O=C(COC1CCOC1)N1CCCc2ccc(F)cc21. The molecule has 5 heteroatoms. The Morgan fingerprint density at radius 1 is 1.50 bits per heavy atom. The molecule has 2 heterocycles. The van der Waals surface area contributed by atoms with Gasteiger partial charge in [0.05, 0.1) is 12.7 Å². The van der Waals surface area contributed by atoms with Crippen LogP contribution in [0.15, 0.2) is 18.2 Å². The van der Waals surface area contributed by atoms with Crippen LogP contribution in [0.3, 0.4) is 0 Å². The van der Waals surface area contributed by atoms with Crippen LogP contribution in [0.5, 0.6) is 0 Å². The lowest BCUT2D eigenvalue weighted by atomic mass is 10.0. The molecule has 20 heavy (non-hydrogen) atoms. The zero-order valence-electron chi connectivity index (χ0n) is 11.3. The van der Waals surface area contributed by atoms with Crippen LogP contribution in [0.4, 0.5) is 10.1 Å². The van der Waals surface area contributed by atoms with E-state index < -0.39 is 0 Å². The van der Waals surface area contributed by atoms with Crippen LogP contribution >= 0.6 is 0 Å². The summed E-state index contributed by atoms with van der Waals surface area (Å²) in [6.07, 6.45) is 2.63. The van der Waals surface area contributed by atoms with Gasteiger partial charge in [0.2, 0.25) is 0 Å². The van der Waals surface area contributed by atoms with E-state index in [4.69, 9.17) is 9.47 Å². The van der Waals surface area contributed by atoms with Crippen molar-refractivity contribution in [1.82, 2.24) is 0 Å². The average molecular weight is 279 g/mol. The van der Waals surface area contributed by atoms with E-state index in [0.717, 1.165) is 24.8 Å². The lowest BCUT2D eigenvalue weighted by Gasteiger charge is -2.29. The number of carbonyl (C=O) groups is 1. The fourth-order valence-corrected chi connectivity index (χ4v) is 2.72. The fraction of sp³-hybridized carbons (Fsp3) is 0.533. The number of hydrogen-bond donors (Lipinski definition) is 0. The zero-order valence-corrected chi connectivity index (χ0v) is 11.3. The summed E-state index contributed by atoms with van der Waals surface area (Å²) < 4.78 is 24.1. The quantitative estimate of drug-likeness (QED) is 0.848. The first-order chi connectivity index (χ1) is 9.74. The molecular formula is C15H18FNO3. The normalized spacial score (nSPS) is 21.9. The van der Waals surface area contributed by atoms with Crippen molar-refractivity contribution in [2.24, 2.45) is 0 Å². The number of ether oxygens (including phenoxy) is 2. The van der Waals surface area contributed by atoms with Crippen LogP contribution in [-0.4, -0.2) is 38.4 Å². The van der Waals surface area contributed by atoms with Crippen molar-refractivity contribution in [3.63, 3.8) is 0 Å². The monoisotopic (exact) mass is 279 g/mol. The molecule has 2 aliphatic rings. The predicted molar refractivity (Wildman–Crippen MR) is 72.3 cm³/mol. The van der Waals surface area contributed by atoms with Crippen LogP contribution in [-0.2, 0) is 20.7 Å². The smallest absolute Gasteiger partial charge is 0.252 e. The first-order valence-corrected chi connectivity index (χ1v) is 7.02. The number of halogens is 1. The van der Waals surface area contributed by atoms with Gasteiger partial charge in [-0.25, -0.2) is 4.39 Å². The van der Waals surface area contributed by atoms with Crippen molar-refractivity contribution >= 4 is 11.6 Å². The highest BCUT2D eigenvalue weighted by atomic mass is 19.1. The summed E-state index contributed by atoms with van der Waals surface area (Å²) in [5.74, 6) is -0.419. The van der Waals surface area contributed by atoms with Gasteiger partial charge in [-0.1, -0.05) is 6.07 Å². The number of fused-ring (bicyclic) bond motifs is 1. The van der Waals surface area contributed by atoms with Gasteiger partial charge >= 0.3 is 0 Å². The Bertz CT molecular complexity index is 500. The fourth-order valence-electron chi connectivity index (χ4n) is 2.72. The second kappa shape index (κ2) is 5.89. The van der Waals surface area contributed by atoms with Crippen LogP contribution < -0.4 is 4.90 Å². The van der Waals surface area contributed by atoms with Crippen LogP contribution in [0.1, 0.15) is 18.4 Å². The van der Waals surface area contributed by atoms with Crippen LogP contribution in [0.25, 0.3) is 0 Å². The number of rotatable bonds is 3. The molecule has 1 aromatic rings.